The first kappa shape index (κ1) is 13.9. The number of nitrogens with zero attached hydrogens (tertiary/aromatic N) is 2. The van der Waals surface area contributed by atoms with Crippen molar-refractivity contribution >= 4 is 17.4 Å². The Morgan fingerprint density at radius 2 is 2.05 bits per heavy atom. The molecule has 19 heavy (non-hydrogen) atoms. The molecule has 0 aliphatic rings. The van der Waals surface area contributed by atoms with Gasteiger partial charge in [-0.3, -0.25) is 0 Å². The lowest BCUT2D eigenvalue weighted by Crippen LogP contribution is -2.06. The number of aryl methyl sites for hydroxylation is 1. The second kappa shape index (κ2) is 6.11. The lowest BCUT2D eigenvalue weighted by molar-refractivity contribution is 0.637. The SMILES string of the molecule is CCCc1nc(-c2cccc(Cl)c2)c(N)n1CCC. The standard InChI is InChI=1S/C15H20ClN3/c1-3-6-13-18-14(15(17)19(13)9-4-2)11-7-5-8-12(16)10-11/h5,7-8,10H,3-4,6,9,17H2,1-2H3. The number of halogens is 1. The average Bonchev–Trinajstić information content (AvgIpc) is 2.69. The number of hydrogen-bond acceptors (Lipinski definition) is 2. The molecule has 0 unspecified atom stereocenters. The summed E-state index contributed by atoms with van der Waals surface area (Å²) in [5.74, 6) is 1.81. The van der Waals surface area contributed by atoms with E-state index in [1.54, 1.807) is 0 Å². The van der Waals surface area contributed by atoms with Crippen LogP contribution < -0.4 is 5.73 Å². The molecule has 0 radical (unpaired) electrons. The van der Waals surface area contributed by atoms with Gasteiger partial charge >= 0.3 is 0 Å². The minimum Gasteiger partial charge on any atom is -0.383 e. The summed E-state index contributed by atoms with van der Waals surface area (Å²) in [5.41, 5.74) is 8.09. The Kier molecular flexibility index (Phi) is 4.48. The zero-order valence-corrected chi connectivity index (χ0v) is 12.2. The summed E-state index contributed by atoms with van der Waals surface area (Å²) in [5, 5.41) is 0.707. The van der Waals surface area contributed by atoms with Gasteiger partial charge in [0.1, 0.15) is 17.3 Å². The van der Waals surface area contributed by atoms with Crippen LogP contribution in [0.5, 0.6) is 0 Å². The fourth-order valence-electron chi connectivity index (χ4n) is 2.25. The summed E-state index contributed by atoms with van der Waals surface area (Å²) in [4.78, 5) is 4.71. The molecule has 1 heterocycles. The van der Waals surface area contributed by atoms with E-state index in [2.05, 4.69) is 18.4 Å². The van der Waals surface area contributed by atoms with Gasteiger partial charge in [0.2, 0.25) is 0 Å². The molecule has 2 aromatic rings. The van der Waals surface area contributed by atoms with E-state index in [4.69, 9.17) is 22.3 Å². The van der Waals surface area contributed by atoms with E-state index in [0.717, 1.165) is 48.7 Å². The van der Waals surface area contributed by atoms with Gasteiger partial charge in [-0.25, -0.2) is 4.98 Å². The maximum atomic E-state index is 6.26. The third-order valence-corrected chi connectivity index (χ3v) is 3.34. The quantitative estimate of drug-likeness (QED) is 0.892. The summed E-state index contributed by atoms with van der Waals surface area (Å²) in [7, 11) is 0. The number of hydrogen-bond donors (Lipinski definition) is 1. The van der Waals surface area contributed by atoms with Crippen molar-refractivity contribution in [2.45, 2.75) is 39.7 Å². The minimum absolute atomic E-state index is 0.707. The van der Waals surface area contributed by atoms with Crippen molar-refractivity contribution in [1.29, 1.82) is 0 Å². The van der Waals surface area contributed by atoms with E-state index in [-0.39, 0.29) is 0 Å². The topological polar surface area (TPSA) is 43.8 Å². The number of nitrogens with two attached hydrogens (primary N) is 1. The molecule has 0 amide bonds. The smallest absolute Gasteiger partial charge is 0.131 e. The lowest BCUT2D eigenvalue weighted by Gasteiger charge is -2.07. The van der Waals surface area contributed by atoms with E-state index >= 15 is 0 Å². The Bertz CT molecular complexity index is 561. The molecule has 102 valence electrons. The number of rotatable bonds is 5. The molecule has 3 nitrogen and oxygen atoms in total. The van der Waals surface area contributed by atoms with Gasteiger partial charge in [-0.2, -0.15) is 0 Å². The van der Waals surface area contributed by atoms with E-state index in [9.17, 15) is 0 Å². The lowest BCUT2D eigenvalue weighted by atomic mass is 10.1. The van der Waals surface area contributed by atoms with E-state index < -0.39 is 0 Å². The Balaban J connectivity index is 2.49. The number of anilines is 1. The summed E-state index contributed by atoms with van der Waals surface area (Å²) in [6, 6.07) is 7.69. The van der Waals surface area contributed by atoms with Crippen LogP contribution in [-0.4, -0.2) is 9.55 Å². The highest BCUT2D eigenvalue weighted by Gasteiger charge is 2.15. The van der Waals surface area contributed by atoms with Crippen LogP contribution >= 0.6 is 11.6 Å². The zero-order chi connectivity index (χ0) is 13.8. The normalized spacial score (nSPS) is 10.9. The largest absolute Gasteiger partial charge is 0.383 e. The highest BCUT2D eigenvalue weighted by Crippen LogP contribution is 2.28. The van der Waals surface area contributed by atoms with Crippen molar-refractivity contribution in [1.82, 2.24) is 9.55 Å². The molecule has 1 aromatic heterocycles. The minimum atomic E-state index is 0.707. The molecule has 0 spiro atoms. The maximum Gasteiger partial charge on any atom is 0.131 e. The molecule has 2 rings (SSSR count). The molecule has 0 saturated carbocycles. The molecule has 2 N–H and O–H groups in total. The van der Waals surface area contributed by atoms with E-state index in [1.807, 2.05) is 24.3 Å². The summed E-state index contributed by atoms with van der Waals surface area (Å²) in [6.45, 7) is 5.21. The summed E-state index contributed by atoms with van der Waals surface area (Å²) >= 11 is 6.04. The first-order valence-electron chi connectivity index (χ1n) is 6.78. The van der Waals surface area contributed by atoms with E-state index in [0.29, 0.717) is 5.02 Å². The molecule has 0 aliphatic heterocycles. The molecular formula is C15H20ClN3. The molecule has 0 saturated heterocycles. The molecule has 0 bridgehead atoms. The number of aromatic nitrogens is 2. The second-order valence-electron chi connectivity index (χ2n) is 4.67. The first-order chi connectivity index (χ1) is 9.17. The monoisotopic (exact) mass is 277 g/mol. The van der Waals surface area contributed by atoms with Crippen LogP contribution in [0.25, 0.3) is 11.3 Å². The van der Waals surface area contributed by atoms with Crippen LogP contribution in [0, 0.1) is 0 Å². The molecule has 0 atom stereocenters. The maximum absolute atomic E-state index is 6.26. The number of benzene rings is 1. The third-order valence-electron chi connectivity index (χ3n) is 3.10. The van der Waals surface area contributed by atoms with Crippen molar-refractivity contribution in [3.8, 4) is 11.3 Å². The van der Waals surface area contributed by atoms with Crippen LogP contribution in [0.2, 0.25) is 5.02 Å². The average molecular weight is 278 g/mol. The van der Waals surface area contributed by atoms with Crippen molar-refractivity contribution in [3.63, 3.8) is 0 Å². The van der Waals surface area contributed by atoms with Gasteiger partial charge in [0, 0.05) is 23.6 Å². The fourth-order valence-corrected chi connectivity index (χ4v) is 2.44. The summed E-state index contributed by atoms with van der Waals surface area (Å²) < 4.78 is 2.12. The third kappa shape index (κ3) is 2.92. The van der Waals surface area contributed by atoms with Gasteiger partial charge in [-0.05, 0) is 25.0 Å². The van der Waals surface area contributed by atoms with E-state index in [1.165, 1.54) is 0 Å². The number of imidazole rings is 1. The zero-order valence-electron chi connectivity index (χ0n) is 11.5. The van der Waals surface area contributed by atoms with Crippen molar-refractivity contribution in [2.75, 3.05) is 5.73 Å². The van der Waals surface area contributed by atoms with Crippen LogP contribution in [0.4, 0.5) is 5.82 Å². The van der Waals surface area contributed by atoms with Crippen molar-refractivity contribution in [3.05, 3.63) is 35.1 Å². The molecule has 1 aromatic carbocycles. The second-order valence-corrected chi connectivity index (χ2v) is 5.11. The van der Waals surface area contributed by atoms with Gasteiger partial charge in [0.15, 0.2) is 0 Å². The highest BCUT2D eigenvalue weighted by molar-refractivity contribution is 6.30. The van der Waals surface area contributed by atoms with Crippen molar-refractivity contribution < 1.29 is 0 Å². The Morgan fingerprint density at radius 3 is 2.68 bits per heavy atom. The molecule has 4 heteroatoms. The molecular weight excluding hydrogens is 258 g/mol. The van der Waals surface area contributed by atoms with Crippen LogP contribution in [0.1, 0.15) is 32.5 Å². The van der Waals surface area contributed by atoms with Gasteiger partial charge < -0.3 is 10.3 Å². The Hall–Kier alpha value is -1.48. The number of nitrogen functional groups attached to an aromatic ring is 1. The predicted molar refractivity (Wildman–Crippen MR) is 81.4 cm³/mol. The van der Waals surface area contributed by atoms with Gasteiger partial charge in [0.05, 0.1) is 0 Å². The molecule has 0 aliphatic carbocycles. The predicted octanol–water partition coefficient (Wildman–Crippen LogP) is 4.15. The van der Waals surface area contributed by atoms with Crippen LogP contribution in [0.15, 0.2) is 24.3 Å². The first-order valence-corrected chi connectivity index (χ1v) is 7.16. The van der Waals surface area contributed by atoms with Crippen LogP contribution in [0.3, 0.4) is 0 Å². The van der Waals surface area contributed by atoms with Gasteiger partial charge in [0.25, 0.3) is 0 Å². The fraction of sp³-hybridized carbons (Fsp3) is 0.400. The van der Waals surface area contributed by atoms with Gasteiger partial charge in [-0.1, -0.05) is 37.6 Å². The van der Waals surface area contributed by atoms with Gasteiger partial charge in [-0.15, -0.1) is 0 Å². The Morgan fingerprint density at radius 1 is 1.26 bits per heavy atom. The summed E-state index contributed by atoms with van der Waals surface area (Å²) in [6.07, 6.45) is 3.06. The van der Waals surface area contributed by atoms with Crippen molar-refractivity contribution in [2.24, 2.45) is 0 Å². The highest BCUT2D eigenvalue weighted by atomic mass is 35.5. The van der Waals surface area contributed by atoms with Crippen LogP contribution in [-0.2, 0) is 13.0 Å². The Labute approximate surface area is 119 Å². The molecule has 0 fully saturated rings.